The average molecular weight is 915 g/mol. The fraction of sp³-hybridized carbons (Fsp3) is 0.167. The van der Waals surface area contributed by atoms with E-state index in [-0.39, 0.29) is 10.8 Å². The van der Waals surface area contributed by atoms with Crippen LogP contribution in [0.25, 0.3) is 89.1 Å². The van der Waals surface area contributed by atoms with Crippen molar-refractivity contribution in [2.24, 2.45) is 17.8 Å². The van der Waals surface area contributed by atoms with Crippen LogP contribution in [-0.2, 0) is 10.8 Å². The Balaban J connectivity index is 0.867. The molecule has 3 fully saturated rings. The van der Waals surface area contributed by atoms with Crippen LogP contribution in [0.15, 0.2) is 211 Å². The summed E-state index contributed by atoms with van der Waals surface area (Å²) in [6.07, 6.45) is 6.39. The van der Waals surface area contributed by atoms with Crippen LogP contribution in [-0.4, -0.2) is 15.0 Å². The standard InChI is InChI=1S/C66H50N4O/c1-41-36-48-34-35-65-39-47(41)40-66(48,65)56-21-11-12-22-58(56)70(49-16-6-3-7-17-49)59-32-28-46(38-57(59)65)50-30-31-54(52-19-9-8-18-51(50)52)64-68-62(43-14-4-2-5-15-43)67-63(69-64)44-26-24-42(25-27-44)45-29-33-61-55(37-45)53-20-10-13-23-60(53)71-61/h2-33,37-38,41,47-48H,34-36,39-40H2,1H3/t41-,47?,48+,65?,66?/m1/s1. The number of aromatic nitrogens is 3. The van der Waals surface area contributed by atoms with Crippen molar-refractivity contribution in [1.29, 1.82) is 0 Å². The number of benzene rings is 9. The van der Waals surface area contributed by atoms with Gasteiger partial charge in [0.25, 0.3) is 0 Å². The lowest BCUT2D eigenvalue weighted by molar-refractivity contribution is 0.154. The zero-order valence-corrected chi connectivity index (χ0v) is 39.6. The Hall–Kier alpha value is -8.15. The first-order valence-electron chi connectivity index (χ1n) is 25.5. The summed E-state index contributed by atoms with van der Waals surface area (Å²) in [6.45, 7) is 2.54. The Bertz CT molecular complexity index is 3920. The molecule has 5 nitrogen and oxygen atoms in total. The number of para-hydroxylation sites is 3. The lowest BCUT2D eigenvalue weighted by Gasteiger charge is -2.46. The molecule has 3 aliphatic carbocycles. The second-order valence-electron chi connectivity index (χ2n) is 20.9. The van der Waals surface area contributed by atoms with E-state index in [2.05, 4.69) is 188 Å². The third-order valence-corrected chi connectivity index (χ3v) is 17.5. The molecule has 1 aliphatic heterocycles. The maximum absolute atomic E-state index is 6.14. The number of hydrogen-bond acceptors (Lipinski definition) is 5. The van der Waals surface area contributed by atoms with Crippen molar-refractivity contribution in [1.82, 2.24) is 15.0 Å². The highest BCUT2D eigenvalue weighted by Crippen LogP contribution is 2.76. The lowest BCUT2D eigenvalue weighted by atomic mass is 9.56. The molecule has 2 bridgehead atoms. The SMILES string of the molecule is C[C@@H]1C[C@@H]2CCC34CC1CC23c1ccccc1N(c1ccccc1)c1ccc(-c2ccc(-c3nc(-c5ccccc5)nc(-c5ccc(-c6ccc7oc8ccccc8c7c6)cc5)n3)c3ccccc23)cc14. The maximum Gasteiger partial charge on any atom is 0.164 e. The number of furan rings is 1. The minimum Gasteiger partial charge on any atom is -0.456 e. The molecule has 11 aromatic rings. The first kappa shape index (κ1) is 40.7. The van der Waals surface area contributed by atoms with Gasteiger partial charge in [0.1, 0.15) is 11.2 Å². The molecular weight excluding hydrogens is 865 g/mol. The lowest BCUT2D eigenvalue weighted by Crippen LogP contribution is -2.45. The molecule has 0 amide bonds. The molecule has 0 saturated heterocycles. The molecule has 15 rings (SSSR count). The summed E-state index contributed by atoms with van der Waals surface area (Å²) < 4.78 is 6.14. The first-order valence-corrected chi connectivity index (χ1v) is 25.5. The summed E-state index contributed by atoms with van der Waals surface area (Å²) in [5, 5.41) is 4.54. The molecular formula is C66H50N4O. The summed E-state index contributed by atoms with van der Waals surface area (Å²) in [4.78, 5) is 18.3. The van der Waals surface area contributed by atoms with Crippen LogP contribution >= 0.6 is 0 Å². The summed E-state index contributed by atoms with van der Waals surface area (Å²) in [5.41, 5.74) is 16.6. The maximum atomic E-state index is 6.14. The second kappa shape index (κ2) is 15.4. The zero-order valence-electron chi connectivity index (χ0n) is 39.6. The van der Waals surface area contributed by atoms with E-state index in [4.69, 9.17) is 19.4 Å². The summed E-state index contributed by atoms with van der Waals surface area (Å²) in [6, 6.07) is 75.0. The molecule has 5 atom stereocenters. The van der Waals surface area contributed by atoms with Crippen LogP contribution < -0.4 is 4.90 Å². The predicted molar refractivity (Wildman–Crippen MR) is 289 cm³/mol. The number of nitrogens with zero attached hydrogens (tertiary/aromatic N) is 4. The van der Waals surface area contributed by atoms with Crippen LogP contribution in [0.5, 0.6) is 0 Å². The zero-order chi connectivity index (χ0) is 46.8. The molecule has 3 unspecified atom stereocenters. The fourth-order valence-electron chi connectivity index (χ4n) is 14.4. The minimum absolute atomic E-state index is 0.0590. The summed E-state index contributed by atoms with van der Waals surface area (Å²) in [7, 11) is 0. The molecule has 4 aliphatic rings. The summed E-state index contributed by atoms with van der Waals surface area (Å²) in [5.74, 6) is 4.08. The van der Waals surface area contributed by atoms with Crippen molar-refractivity contribution < 1.29 is 4.42 Å². The Morgan fingerprint density at radius 2 is 1.07 bits per heavy atom. The van der Waals surface area contributed by atoms with Gasteiger partial charge in [-0.1, -0.05) is 159 Å². The van der Waals surface area contributed by atoms with Crippen molar-refractivity contribution in [3.8, 4) is 56.4 Å². The molecule has 3 heterocycles. The van der Waals surface area contributed by atoms with E-state index in [0.29, 0.717) is 23.4 Å². The van der Waals surface area contributed by atoms with Gasteiger partial charge in [-0.15, -0.1) is 0 Å². The molecule has 71 heavy (non-hydrogen) atoms. The van der Waals surface area contributed by atoms with E-state index in [1.54, 1.807) is 5.56 Å². The Morgan fingerprint density at radius 1 is 0.465 bits per heavy atom. The van der Waals surface area contributed by atoms with Gasteiger partial charge in [-0.3, -0.25) is 0 Å². The van der Waals surface area contributed by atoms with Crippen molar-refractivity contribution in [3.63, 3.8) is 0 Å². The highest BCUT2D eigenvalue weighted by atomic mass is 16.3. The van der Waals surface area contributed by atoms with Gasteiger partial charge in [-0.2, -0.15) is 0 Å². The molecule has 5 heteroatoms. The van der Waals surface area contributed by atoms with E-state index >= 15 is 0 Å². The van der Waals surface area contributed by atoms with Crippen LogP contribution in [0.1, 0.15) is 50.2 Å². The van der Waals surface area contributed by atoms with Gasteiger partial charge in [-0.05, 0) is 149 Å². The van der Waals surface area contributed by atoms with Crippen molar-refractivity contribution in [2.75, 3.05) is 4.90 Å². The van der Waals surface area contributed by atoms with E-state index < -0.39 is 0 Å². The molecule has 0 radical (unpaired) electrons. The molecule has 340 valence electrons. The third-order valence-electron chi connectivity index (χ3n) is 17.5. The Labute approximate surface area is 413 Å². The van der Waals surface area contributed by atoms with Crippen LogP contribution in [0.3, 0.4) is 0 Å². The molecule has 2 aromatic heterocycles. The highest BCUT2D eigenvalue weighted by Gasteiger charge is 2.70. The predicted octanol–water partition coefficient (Wildman–Crippen LogP) is 17.1. The van der Waals surface area contributed by atoms with Gasteiger partial charge in [0, 0.05) is 55.4 Å². The smallest absolute Gasteiger partial charge is 0.164 e. The minimum atomic E-state index is 0.0590. The quantitative estimate of drug-likeness (QED) is 0.166. The van der Waals surface area contributed by atoms with Crippen LogP contribution in [0.4, 0.5) is 17.1 Å². The van der Waals surface area contributed by atoms with E-state index in [0.717, 1.165) is 67.0 Å². The fourth-order valence-corrected chi connectivity index (χ4v) is 14.4. The molecule has 1 spiro atoms. The first-order chi connectivity index (χ1) is 35.0. The van der Waals surface area contributed by atoms with Gasteiger partial charge < -0.3 is 9.32 Å². The van der Waals surface area contributed by atoms with Gasteiger partial charge in [0.15, 0.2) is 17.5 Å². The monoisotopic (exact) mass is 914 g/mol. The number of anilines is 3. The highest BCUT2D eigenvalue weighted by molar-refractivity contribution is 6.07. The van der Waals surface area contributed by atoms with Crippen molar-refractivity contribution >= 4 is 49.8 Å². The van der Waals surface area contributed by atoms with Gasteiger partial charge in [0.05, 0.1) is 0 Å². The molecule has 9 aromatic carbocycles. The second-order valence-corrected chi connectivity index (χ2v) is 20.9. The number of hydrogen-bond donors (Lipinski definition) is 0. The number of fused-ring (bicyclic) bond motifs is 7. The topological polar surface area (TPSA) is 55.1 Å². The van der Waals surface area contributed by atoms with E-state index in [9.17, 15) is 0 Å². The van der Waals surface area contributed by atoms with Crippen molar-refractivity contribution in [3.05, 3.63) is 217 Å². The average Bonchev–Trinajstić information content (AvgIpc) is 4.07. The third kappa shape index (κ3) is 5.96. The number of rotatable bonds is 6. The van der Waals surface area contributed by atoms with Crippen LogP contribution in [0, 0.1) is 17.8 Å². The Kier molecular flexibility index (Phi) is 8.84. The normalized spacial score (nSPS) is 21.8. The van der Waals surface area contributed by atoms with E-state index in [1.165, 1.54) is 71.2 Å². The van der Waals surface area contributed by atoms with Crippen LogP contribution in [0.2, 0.25) is 0 Å². The van der Waals surface area contributed by atoms with Crippen molar-refractivity contribution in [2.45, 2.75) is 49.9 Å². The molecule has 3 saturated carbocycles. The Morgan fingerprint density at radius 3 is 1.89 bits per heavy atom. The van der Waals surface area contributed by atoms with Gasteiger partial charge in [0.2, 0.25) is 0 Å². The van der Waals surface area contributed by atoms with Gasteiger partial charge in [-0.25, -0.2) is 15.0 Å². The largest absolute Gasteiger partial charge is 0.456 e. The van der Waals surface area contributed by atoms with E-state index in [1.807, 2.05) is 30.3 Å². The summed E-state index contributed by atoms with van der Waals surface area (Å²) >= 11 is 0. The molecule has 0 N–H and O–H groups in total. The van der Waals surface area contributed by atoms with Gasteiger partial charge >= 0.3 is 0 Å².